The quantitative estimate of drug-likeness (QED) is 0.762. The van der Waals surface area contributed by atoms with E-state index in [-0.39, 0.29) is 11.3 Å². The Balaban J connectivity index is 3.26. The summed E-state index contributed by atoms with van der Waals surface area (Å²) in [6, 6.07) is 4.88. The summed E-state index contributed by atoms with van der Waals surface area (Å²) >= 11 is -1.21. The van der Waals surface area contributed by atoms with Gasteiger partial charge in [0, 0.05) is 0 Å². The van der Waals surface area contributed by atoms with Gasteiger partial charge >= 0.3 is 80.9 Å². The Bertz CT molecular complexity index is 334. The normalized spacial score (nSPS) is 10.4. The fraction of sp³-hybridized carbons (Fsp3) is 0.222. The van der Waals surface area contributed by atoms with Gasteiger partial charge in [0.2, 0.25) is 0 Å². The molecule has 1 rings (SSSR count). The summed E-state index contributed by atoms with van der Waals surface area (Å²) in [6.07, 6.45) is 0. The summed E-state index contributed by atoms with van der Waals surface area (Å²) in [4.78, 5) is 10.7. The van der Waals surface area contributed by atoms with E-state index in [0.29, 0.717) is 0 Å². The molecule has 0 spiro atoms. The zero-order valence-electron chi connectivity index (χ0n) is 7.48. The van der Waals surface area contributed by atoms with E-state index >= 15 is 0 Å². The van der Waals surface area contributed by atoms with Gasteiger partial charge in [-0.3, -0.25) is 0 Å². The minimum atomic E-state index is -1.21. The predicted molar refractivity (Wildman–Crippen MR) is 52.2 cm³/mol. The van der Waals surface area contributed by atoms with E-state index in [1.807, 2.05) is 11.4 Å². The Morgan fingerprint density at radius 1 is 1.38 bits per heavy atom. The van der Waals surface area contributed by atoms with E-state index < -0.39 is 20.6 Å². The third-order valence-corrected chi connectivity index (χ3v) is 4.51. The van der Waals surface area contributed by atoms with Crippen LogP contribution in [0.1, 0.15) is 10.4 Å². The first-order chi connectivity index (χ1) is 6.04. The minimum absolute atomic E-state index is 0.000532. The molecule has 1 aromatic carbocycles. The molecule has 0 aromatic heterocycles. The molecule has 0 aliphatic rings. The van der Waals surface area contributed by atoms with E-state index in [4.69, 9.17) is 5.11 Å². The number of aromatic carboxylic acids is 1. The maximum absolute atomic E-state index is 10.7. The molecule has 1 aromatic rings. The van der Waals surface area contributed by atoms with Crippen LogP contribution >= 0.6 is 0 Å². The number of hydrogen-bond acceptors (Lipinski definition) is 2. The van der Waals surface area contributed by atoms with Crippen LogP contribution in [-0.2, 0) is 0 Å². The number of para-hydroxylation sites is 1. The summed E-state index contributed by atoms with van der Waals surface area (Å²) in [6.45, 7) is 0. The van der Waals surface area contributed by atoms with Crippen molar-refractivity contribution in [3.8, 4) is 5.75 Å². The van der Waals surface area contributed by atoms with Gasteiger partial charge in [0.05, 0.1) is 0 Å². The summed E-state index contributed by atoms with van der Waals surface area (Å²) in [5.74, 6) is -1.13. The predicted octanol–water partition coefficient (Wildman–Crippen LogP) is 1.05. The van der Waals surface area contributed by atoms with Gasteiger partial charge in [0.15, 0.2) is 0 Å². The first kappa shape index (κ1) is 10.1. The Morgan fingerprint density at radius 2 is 2.00 bits per heavy atom. The molecular weight excluding hydrogens is 231 g/mol. The van der Waals surface area contributed by atoms with Crippen molar-refractivity contribution >= 4 is 25.0 Å². The maximum atomic E-state index is 10.7. The van der Waals surface area contributed by atoms with Crippen LogP contribution in [-0.4, -0.2) is 30.8 Å². The van der Waals surface area contributed by atoms with Gasteiger partial charge in [-0.15, -0.1) is 0 Å². The molecule has 3 nitrogen and oxygen atoms in total. The Hall–Kier alpha value is -0.952. The third-order valence-electron chi connectivity index (χ3n) is 1.73. The van der Waals surface area contributed by atoms with Crippen molar-refractivity contribution in [3.05, 3.63) is 23.8 Å². The van der Waals surface area contributed by atoms with Crippen LogP contribution in [0, 0.1) is 0 Å². The van der Waals surface area contributed by atoms with Gasteiger partial charge < -0.3 is 0 Å². The van der Waals surface area contributed by atoms with Crippen molar-refractivity contribution < 1.29 is 15.0 Å². The molecule has 2 N–H and O–H groups in total. The zero-order chi connectivity index (χ0) is 10.0. The van der Waals surface area contributed by atoms with E-state index in [1.165, 1.54) is 6.07 Å². The van der Waals surface area contributed by atoms with Gasteiger partial charge in [-0.1, -0.05) is 0 Å². The van der Waals surface area contributed by atoms with E-state index in [9.17, 15) is 9.90 Å². The summed E-state index contributed by atoms with van der Waals surface area (Å²) < 4.78 is 0.812. The van der Waals surface area contributed by atoms with Crippen LogP contribution in [0.2, 0.25) is 11.4 Å². The Labute approximate surface area is 81.3 Å². The number of rotatable bonds is 2. The molecule has 0 heterocycles. The summed E-state index contributed by atoms with van der Waals surface area (Å²) in [5.41, 5.74) is 4.10. The monoisotopic (exact) mass is 242 g/mol. The van der Waals surface area contributed by atoms with Crippen LogP contribution in [0.25, 0.3) is 0 Å². The third kappa shape index (κ3) is 2.04. The molecule has 0 aliphatic carbocycles. The second kappa shape index (κ2) is 3.84. The Morgan fingerprint density at radius 3 is 2.46 bits per heavy atom. The number of hydrogen-bond donors (Lipinski definition) is 2. The number of benzene rings is 1. The first-order valence-electron chi connectivity index (χ1n) is 3.76. The topological polar surface area (TPSA) is 57.5 Å². The number of carboxylic acids is 1. The second-order valence-electron chi connectivity index (χ2n) is 2.87. The molecule has 0 unspecified atom stereocenters. The van der Waals surface area contributed by atoms with Gasteiger partial charge in [0.1, 0.15) is 0 Å². The van der Waals surface area contributed by atoms with Crippen LogP contribution in [0.15, 0.2) is 18.2 Å². The van der Waals surface area contributed by atoms with E-state index in [2.05, 4.69) is 0 Å². The van der Waals surface area contributed by atoms with Gasteiger partial charge in [-0.25, -0.2) is 0 Å². The molecular formula is C9H11AsO3. The molecule has 0 radical (unpaired) electrons. The molecule has 4 heteroatoms. The first-order valence-corrected chi connectivity index (χ1v) is 8.45. The van der Waals surface area contributed by atoms with Crippen LogP contribution in [0.4, 0.5) is 0 Å². The fourth-order valence-electron chi connectivity index (χ4n) is 1.06. The average Bonchev–Trinajstić information content (AvgIpc) is 2.03. The van der Waals surface area contributed by atoms with Crippen molar-refractivity contribution in [2.45, 2.75) is 11.4 Å². The van der Waals surface area contributed by atoms with Gasteiger partial charge in [-0.05, 0) is 0 Å². The molecule has 0 atom stereocenters. The molecule has 0 aliphatic heterocycles. The molecule has 0 saturated heterocycles. The number of carbonyl (C=O) groups is 1. The number of aromatic hydroxyl groups is 1. The van der Waals surface area contributed by atoms with Crippen molar-refractivity contribution in [2.24, 2.45) is 0 Å². The SMILES string of the molecule is C[As](C)c1cccc(C(=O)O)c1O. The summed E-state index contributed by atoms with van der Waals surface area (Å²) in [5, 5.41) is 18.3. The van der Waals surface area contributed by atoms with Gasteiger partial charge in [0.25, 0.3) is 0 Å². The summed E-state index contributed by atoms with van der Waals surface area (Å²) in [7, 11) is 0. The number of carboxylic acid groups (broad SMARTS) is 1. The Kier molecular flexibility index (Phi) is 2.99. The molecule has 0 amide bonds. The molecule has 13 heavy (non-hydrogen) atoms. The second-order valence-corrected chi connectivity index (χ2v) is 7.64. The van der Waals surface area contributed by atoms with Crippen LogP contribution < -0.4 is 4.35 Å². The van der Waals surface area contributed by atoms with Crippen LogP contribution in [0.3, 0.4) is 0 Å². The van der Waals surface area contributed by atoms with Crippen LogP contribution in [0.5, 0.6) is 5.75 Å². The van der Waals surface area contributed by atoms with E-state index in [1.54, 1.807) is 12.1 Å². The average molecular weight is 242 g/mol. The molecule has 70 valence electrons. The molecule has 0 saturated carbocycles. The standard InChI is InChI=1S/C9H11AsO3/c1-10(2)7-5-3-4-6(8(7)11)9(12)13/h3-5,11H,1-2H3,(H,12,13). The molecule has 0 fully saturated rings. The fourth-order valence-corrected chi connectivity index (χ4v) is 3.01. The van der Waals surface area contributed by atoms with Crippen molar-refractivity contribution in [2.75, 3.05) is 0 Å². The molecule has 0 bridgehead atoms. The van der Waals surface area contributed by atoms with Crippen molar-refractivity contribution in [1.29, 1.82) is 0 Å². The van der Waals surface area contributed by atoms with E-state index in [0.717, 1.165) is 4.35 Å². The van der Waals surface area contributed by atoms with Crippen molar-refractivity contribution in [3.63, 3.8) is 0 Å². The van der Waals surface area contributed by atoms with Gasteiger partial charge in [-0.2, -0.15) is 0 Å². The zero-order valence-corrected chi connectivity index (χ0v) is 9.36. The van der Waals surface area contributed by atoms with Crippen molar-refractivity contribution in [1.82, 2.24) is 0 Å². The number of phenols is 1.